The molecular weight excluding hydrogens is 350 g/mol. The number of hydrogen-bond donors (Lipinski definition) is 1. The van der Waals surface area contributed by atoms with Gasteiger partial charge in [-0.2, -0.15) is 0 Å². The average molecular weight is 380 g/mol. The molecule has 1 aromatic carbocycles. The Hall–Kier alpha value is -1.66. The molecule has 1 fully saturated rings. The molecule has 2 unspecified atom stereocenters. The summed E-state index contributed by atoms with van der Waals surface area (Å²) in [4.78, 5) is 10.9. The number of hydrogen-bond acceptors (Lipinski definition) is 3. The second-order valence-electron chi connectivity index (χ2n) is 6.97. The molecule has 144 valence electrons. The van der Waals surface area contributed by atoms with Gasteiger partial charge >= 0.3 is 5.97 Å². The highest BCUT2D eigenvalue weighted by Gasteiger charge is 2.34. The molecule has 0 bridgehead atoms. The van der Waals surface area contributed by atoms with E-state index in [0.29, 0.717) is 19.5 Å². The van der Waals surface area contributed by atoms with E-state index in [0.717, 1.165) is 36.8 Å². The number of benzene rings is 1. The van der Waals surface area contributed by atoms with Crippen LogP contribution in [0, 0.1) is 0 Å². The minimum atomic E-state index is -3.40. The van der Waals surface area contributed by atoms with Gasteiger partial charge in [-0.05, 0) is 36.3 Å². The third-order valence-electron chi connectivity index (χ3n) is 5.01. The minimum Gasteiger partial charge on any atom is -0.481 e. The monoisotopic (exact) mass is 379 g/mol. The largest absolute Gasteiger partial charge is 0.481 e. The molecule has 0 aromatic heterocycles. The van der Waals surface area contributed by atoms with E-state index in [1.165, 1.54) is 0 Å². The molecule has 0 saturated carbocycles. The van der Waals surface area contributed by atoms with Gasteiger partial charge in [0.05, 0.1) is 11.7 Å². The third kappa shape index (κ3) is 5.17. The molecule has 1 aromatic rings. The predicted molar refractivity (Wildman–Crippen MR) is 104 cm³/mol. The lowest BCUT2D eigenvalue weighted by Crippen LogP contribution is -2.43. The Kier molecular flexibility index (Phi) is 7.41. The van der Waals surface area contributed by atoms with E-state index < -0.39 is 21.2 Å². The van der Waals surface area contributed by atoms with Gasteiger partial charge in [0.25, 0.3) is 0 Å². The molecule has 0 radical (unpaired) electrons. The Morgan fingerprint density at radius 2 is 2.23 bits per heavy atom. The summed E-state index contributed by atoms with van der Waals surface area (Å²) < 4.78 is 27.6. The van der Waals surface area contributed by atoms with Crippen molar-refractivity contribution >= 4 is 16.0 Å². The van der Waals surface area contributed by atoms with Crippen molar-refractivity contribution in [2.24, 2.45) is 0 Å². The van der Waals surface area contributed by atoms with Gasteiger partial charge < -0.3 is 5.11 Å². The van der Waals surface area contributed by atoms with Crippen molar-refractivity contribution in [1.82, 2.24) is 4.31 Å². The smallest absolute Gasteiger partial charge is 0.307 e. The van der Waals surface area contributed by atoms with Crippen molar-refractivity contribution in [1.29, 1.82) is 0 Å². The van der Waals surface area contributed by atoms with E-state index in [1.807, 2.05) is 25.1 Å². The van der Waals surface area contributed by atoms with Crippen LogP contribution in [-0.2, 0) is 21.2 Å². The van der Waals surface area contributed by atoms with E-state index >= 15 is 0 Å². The zero-order valence-electron chi connectivity index (χ0n) is 15.4. The lowest BCUT2D eigenvalue weighted by Gasteiger charge is -2.34. The van der Waals surface area contributed by atoms with Gasteiger partial charge in [-0.15, -0.1) is 6.58 Å². The van der Waals surface area contributed by atoms with Crippen LogP contribution < -0.4 is 0 Å². The fourth-order valence-electron chi connectivity index (χ4n) is 3.56. The lowest BCUT2D eigenvalue weighted by molar-refractivity contribution is -0.136. The van der Waals surface area contributed by atoms with Crippen molar-refractivity contribution in [3.8, 4) is 0 Å². The first-order valence-corrected chi connectivity index (χ1v) is 10.8. The number of carboxylic acids is 1. The molecule has 0 amide bonds. The van der Waals surface area contributed by atoms with Gasteiger partial charge in [-0.25, -0.2) is 12.7 Å². The van der Waals surface area contributed by atoms with Gasteiger partial charge in [0.15, 0.2) is 0 Å². The standard InChI is InChI=1S/C20H29NO4S/c1-3-5-11-19(4-2)26(24,25)21-12-7-10-18(15-21)17-9-6-8-16(13-17)14-20(22)23/h4,6,8-9,13,18-19H,2-3,5,7,10-12,14-15H2,1H3,(H,22,23). The molecule has 0 aliphatic carbocycles. The number of nitrogens with zero attached hydrogens (tertiary/aromatic N) is 1. The Labute approximate surface area is 156 Å². The lowest BCUT2D eigenvalue weighted by atomic mass is 9.90. The van der Waals surface area contributed by atoms with Crippen LogP contribution in [0.1, 0.15) is 56.1 Å². The summed E-state index contributed by atoms with van der Waals surface area (Å²) in [5, 5.41) is 8.45. The van der Waals surface area contributed by atoms with Gasteiger partial charge in [-0.1, -0.05) is 50.1 Å². The summed E-state index contributed by atoms with van der Waals surface area (Å²) >= 11 is 0. The molecule has 1 aliphatic rings. The molecule has 1 N–H and O–H groups in total. The summed E-state index contributed by atoms with van der Waals surface area (Å²) in [7, 11) is -3.40. The van der Waals surface area contributed by atoms with Gasteiger partial charge in [0, 0.05) is 13.1 Å². The molecule has 2 rings (SSSR count). The molecule has 26 heavy (non-hydrogen) atoms. The van der Waals surface area contributed by atoms with Crippen LogP contribution in [0.15, 0.2) is 36.9 Å². The summed E-state index contributed by atoms with van der Waals surface area (Å²) in [5.74, 6) is -0.761. The second-order valence-corrected chi connectivity index (χ2v) is 9.13. The maximum Gasteiger partial charge on any atom is 0.307 e. The summed E-state index contributed by atoms with van der Waals surface area (Å²) in [5.41, 5.74) is 1.77. The topological polar surface area (TPSA) is 74.7 Å². The van der Waals surface area contributed by atoms with Crippen LogP contribution >= 0.6 is 0 Å². The summed E-state index contributed by atoms with van der Waals surface area (Å²) in [6.07, 6.45) is 5.70. The van der Waals surface area contributed by atoms with E-state index in [1.54, 1.807) is 16.4 Å². The summed E-state index contributed by atoms with van der Waals surface area (Å²) in [6.45, 7) is 6.78. The Morgan fingerprint density at radius 3 is 2.88 bits per heavy atom. The molecule has 1 aliphatic heterocycles. The Bertz CT molecular complexity index is 729. The average Bonchev–Trinajstić information content (AvgIpc) is 2.62. The molecule has 2 atom stereocenters. The van der Waals surface area contributed by atoms with Crippen molar-refractivity contribution in [2.75, 3.05) is 13.1 Å². The molecule has 0 spiro atoms. The number of unbranched alkanes of at least 4 members (excludes halogenated alkanes) is 1. The third-order valence-corrected chi connectivity index (χ3v) is 7.25. The van der Waals surface area contributed by atoms with Crippen molar-refractivity contribution in [3.63, 3.8) is 0 Å². The molecule has 6 heteroatoms. The van der Waals surface area contributed by atoms with Crippen LogP contribution in [0.25, 0.3) is 0 Å². The normalized spacial score (nSPS) is 19.8. The fraction of sp³-hybridized carbons (Fsp3) is 0.550. The van der Waals surface area contributed by atoms with Crippen molar-refractivity contribution in [3.05, 3.63) is 48.0 Å². The predicted octanol–water partition coefficient (Wildman–Crippen LogP) is 3.57. The Morgan fingerprint density at radius 1 is 1.46 bits per heavy atom. The number of aliphatic carboxylic acids is 1. The van der Waals surface area contributed by atoms with E-state index in [-0.39, 0.29) is 12.3 Å². The van der Waals surface area contributed by atoms with Crippen LogP contribution in [0.5, 0.6) is 0 Å². The fourth-order valence-corrected chi connectivity index (χ4v) is 5.42. The van der Waals surface area contributed by atoms with E-state index in [4.69, 9.17) is 5.11 Å². The first-order valence-electron chi connectivity index (χ1n) is 9.30. The van der Waals surface area contributed by atoms with Crippen molar-refractivity contribution in [2.45, 2.75) is 56.6 Å². The molecule has 1 heterocycles. The quantitative estimate of drug-likeness (QED) is 0.666. The van der Waals surface area contributed by atoms with Gasteiger partial charge in [-0.3, -0.25) is 4.79 Å². The number of carboxylic acid groups (broad SMARTS) is 1. The van der Waals surface area contributed by atoms with Crippen LogP contribution in [-0.4, -0.2) is 42.1 Å². The SMILES string of the molecule is C=CC(CCCC)S(=O)(=O)N1CCCC(c2cccc(CC(=O)O)c2)C1. The first-order chi connectivity index (χ1) is 12.4. The first kappa shape index (κ1) is 20.6. The molecular formula is C20H29NO4S. The van der Waals surface area contributed by atoms with Gasteiger partial charge in [0.2, 0.25) is 10.0 Å². The number of sulfonamides is 1. The van der Waals surface area contributed by atoms with E-state index in [9.17, 15) is 13.2 Å². The van der Waals surface area contributed by atoms with Crippen LogP contribution in [0.2, 0.25) is 0 Å². The number of rotatable bonds is 9. The highest BCUT2D eigenvalue weighted by atomic mass is 32.2. The van der Waals surface area contributed by atoms with Crippen LogP contribution in [0.3, 0.4) is 0 Å². The molecule has 5 nitrogen and oxygen atoms in total. The number of carbonyl (C=O) groups is 1. The molecule has 1 saturated heterocycles. The minimum absolute atomic E-state index is 0.0157. The Balaban J connectivity index is 2.15. The summed E-state index contributed by atoms with van der Waals surface area (Å²) in [6, 6.07) is 7.52. The zero-order chi connectivity index (χ0) is 19.2. The maximum atomic E-state index is 13.0. The van der Waals surface area contributed by atoms with E-state index in [2.05, 4.69) is 6.58 Å². The highest BCUT2D eigenvalue weighted by molar-refractivity contribution is 7.89. The van der Waals surface area contributed by atoms with Crippen molar-refractivity contribution < 1.29 is 18.3 Å². The number of piperidine rings is 1. The maximum absolute atomic E-state index is 13.0. The van der Waals surface area contributed by atoms with Gasteiger partial charge in [0.1, 0.15) is 0 Å². The second kappa shape index (κ2) is 9.33. The highest BCUT2D eigenvalue weighted by Crippen LogP contribution is 2.30. The zero-order valence-corrected chi connectivity index (χ0v) is 16.2. The van der Waals surface area contributed by atoms with Crippen LogP contribution in [0.4, 0.5) is 0 Å².